The SMILES string of the molecule is COc1cc2oc3c(c(=O)c2c(O)c1CC=C(C)C)CC(C(C)(C)O)Oc1cc(O)ccc1-3. The predicted molar refractivity (Wildman–Crippen MR) is 125 cm³/mol. The van der Waals surface area contributed by atoms with Gasteiger partial charge in [0.2, 0.25) is 0 Å². The van der Waals surface area contributed by atoms with Gasteiger partial charge < -0.3 is 29.2 Å². The second kappa shape index (κ2) is 8.15. The average Bonchev–Trinajstić information content (AvgIpc) is 2.89. The average molecular weight is 453 g/mol. The first-order valence-corrected chi connectivity index (χ1v) is 10.8. The minimum atomic E-state index is -1.29. The molecule has 1 unspecified atom stereocenters. The summed E-state index contributed by atoms with van der Waals surface area (Å²) >= 11 is 0. The van der Waals surface area contributed by atoms with Crippen LogP contribution in [0.15, 0.2) is 45.1 Å². The summed E-state index contributed by atoms with van der Waals surface area (Å²) in [6.07, 6.45) is 1.60. The molecule has 3 N–H and O–H groups in total. The lowest BCUT2D eigenvalue weighted by molar-refractivity contribution is -0.0322. The van der Waals surface area contributed by atoms with Crippen molar-refractivity contribution in [3.8, 4) is 34.3 Å². The van der Waals surface area contributed by atoms with Gasteiger partial charge in [-0.05, 0) is 46.2 Å². The number of ether oxygens (including phenoxy) is 2. The molecule has 0 saturated heterocycles. The highest BCUT2D eigenvalue weighted by Gasteiger charge is 2.36. The number of hydrogen-bond donors (Lipinski definition) is 3. The number of methoxy groups -OCH3 is 1. The molecule has 1 aliphatic heterocycles. The minimum Gasteiger partial charge on any atom is -0.508 e. The van der Waals surface area contributed by atoms with Crippen LogP contribution in [0.5, 0.6) is 23.0 Å². The molecule has 0 spiro atoms. The van der Waals surface area contributed by atoms with Crippen molar-refractivity contribution in [2.24, 2.45) is 0 Å². The number of allylic oxidation sites excluding steroid dienone is 2. The van der Waals surface area contributed by atoms with Crippen LogP contribution in [0.3, 0.4) is 0 Å². The molecule has 0 fully saturated rings. The number of fused-ring (bicyclic) bond motifs is 4. The molecular formula is C26H28O7. The number of phenols is 2. The van der Waals surface area contributed by atoms with Gasteiger partial charge in [0.05, 0.1) is 18.3 Å². The van der Waals surface area contributed by atoms with E-state index in [2.05, 4.69) is 0 Å². The van der Waals surface area contributed by atoms with Gasteiger partial charge in [-0.1, -0.05) is 11.6 Å². The van der Waals surface area contributed by atoms with E-state index in [1.54, 1.807) is 26.0 Å². The largest absolute Gasteiger partial charge is 0.508 e. The molecule has 1 atom stereocenters. The van der Waals surface area contributed by atoms with Gasteiger partial charge in [-0.2, -0.15) is 0 Å². The molecular weight excluding hydrogens is 424 g/mol. The molecule has 174 valence electrons. The Morgan fingerprint density at radius 3 is 2.61 bits per heavy atom. The van der Waals surface area contributed by atoms with Gasteiger partial charge >= 0.3 is 0 Å². The van der Waals surface area contributed by atoms with Crippen molar-refractivity contribution in [3.63, 3.8) is 0 Å². The number of benzene rings is 2. The number of phenolic OH excluding ortho intramolecular Hbond substituents is 2. The van der Waals surface area contributed by atoms with E-state index in [0.29, 0.717) is 29.0 Å². The summed E-state index contributed by atoms with van der Waals surface area (Å²) in [7, 11) is 1.49. The third-order valence-electron chi connectivity index (χ3n) is 5.91. The highest BCUT2D eigenvalue weighted by molar-refractivity contribution is 5.90. The summed E-state index contributed by atoms with van der Waals surface area (Å²) < 4.78 is 17.7. The maximum Gasteiger partial charge on any atom is 0.200 e. The smallest absolute Gasteiger partial charge is 0.200 e. The Balaban J connectivity index is 2.06. The zero-order valence-corrected chi connectivity index (χ0v) is 19.4. The van der Waals surface area contributed by atoms with Gasteiger partial charge in [-0.25, -0.2) is 0 Å². The topological polar surface area (TPSA) is 109 Å². The molecule has 1 aromatic heterocycles. The normalized spacial score (nSPS) is 15.3. The van der Waals surface area contributed by atoms with Crippen molar-refractivity contribution >= 4 is 11.0 Å². The summed E-state index contributed by atoms with van der Waals surface area (Å²) in [5.41, 5.74) is 0.803. The second-order valence-corrected chi connectivity index (χ2v) is 9.15. The predicted octanol–water partition coefficient (Wildman–Crippen LogP) is 4.46. The third-order valence-corrected chi connectivity index (χ3v) is 5.91. The van der Waals surface area contributed by atoms with Crippen molar-refractivity contribution in [2.75, 3.05) is 7.11 Å². The second-order valence-electron chi connectivity index (χ2n) is 9.15. The van der Waals surface area contributed by atoms with Crippen LogP contribution in [0.2, 0.25) is 0 Å². The first-order valence-electron chi connectivity index (χ1n) is 10.8. The Labute approximate surface area is 191 Å². The summed E-state index contributed by atoms with van der Waals surface area (Å²) in [6, 6.07) is 6.10. The molecule has 0 aliphatic carbocycles. The Morgan fingerprint density at radius 2 is 1.97 bits per heavy atom. The van der Waals surface area contributed by atoms with Gasteiger partial charge in [-0.15, -0.1) is 0 Å². The van der Waals surface area contributed by atoms with Crippen LogP contribution in [-0.4, -0.2) is 34.1 Å². The van der Waals surface area contributed by atoms with E-state index in [1.807, 2.05) is 19.9 Å². The minimum absolute atomic E-state index is 0.0157. The summed E-state index contributed by atoms with van der Waals surface area (Å²) in [5, 5.41) is 31.8. The molecule has 0 radical (unpaired) electrons. The summed E-state index contributed by atoms with van der Waals surface area (Å²) in [5.74, 6) is 0.769. The lowest BCUT2D eigenvalue weighted by Gasteiger charge is -2.28. The van der Waals surface area contributed by atoms with Gasteiger partial charge in [0.15, 0.2) is 5.43 Å². The number of rotatable bonds is 4. The maximum absolute atomic E-state index is 13.7. The molecule has 0 bridgehead atoms. The molecule has 2 aromatic carbocycles. The molecule has 2 heterocycles. The Bertz CT molecular complexity index is 1320. The first-order chi connectivity index (χ1) is 15.5. The number of aliphatic hydroxyl groups is 1. The van der Waals surface area contributed by atoms with Gasteiger partial charge in [0.1, 0.15) is 45.8 Å². The fourth-order valence-corrected chi connectivity index (χ4v) is 4.05. The molecule has 7 heteroatoms. The molecule has 1 aliphatic rings. The van der Waals surface area contributed by atoms with E-state index in [4.69, 9.17) is 13.9 Å². The van der Waals surface area contributed by atoms with E-state index in [-0.39, 0.29) is 40.2 Å². The van der Waals surface area contributed by atoms with E-state index in [0.717, 1.165) is 5.57 Å². The van der Waals surface area contributed by atoms with Crippen molar-refractivity contribution in [2.45, 2.75) is 52.2 Å². The van der Waals surface area contributed by atoms with Crippen molar-refractivity contribution in [3.05, 3.63) is 57.3 Å². The van der Waals surface area contributed by atoms with Crippen LogP contribution in [0, 0.1) is 0 Å². The molecule has 7 nitrogen and oxygen atoms in total. The zero-order valence-electron chi connectivity index (χ0n) is 19.4. The fraction of sp³-hybridized carbons (Fsp3) is 0.346. The summed E-state index contributed by atoms with van der Waals surface area (Å²) in [4.78, 5) is 13.7. The van der Waals surface area contributed by atoms with E-state index in [9.17, 15) is 20.1 Å². The third kappa shape index (κ3) is 4.04. The Morgan fingerprint density at radius 1 is 1.24 bits per heavy atom. The number of aromatic hydroxyl groups is 2. The fourth-order valence-electron chi connectivity index (χ4n) is 4.05. The van der Waals surface area contributed by atoms with Gasteiger partial charge in [0, 0.05) is 29.7 Å². The van der Waals surface area contributed by atoms with Crippen molar-refractivity contribution < 1.29 is 29.2 Å². The monoisotopic (exact) mass is 452 g/mol. The van der Waals surface area contributed by atoms with Crippen LogP contribution in [0.25, 0.3) is 22.3 Å². The summed E-state index contributed by atoms with van der Waals surface area (Å²) in [6.45, 7) is 7.08. The lowest BCUT2D eigenvalue weighted by Crippen LogP contribution is -2.42. The molecule has 0 amide bonds. The standard InChI is InChI=1S/C26H28O7/c1-13(2)6-8-15-18(31-5)12-20-22(23(15)28)24(29)17-11-21(26(3,4)30)32-19-10-14(27)7-9-16(19)25(17)33-20/h6-7,9-10,12,21,27-28,30H,8,11H2,1-5H3. The van der Waals surface area contributed by atoms with Crippen molar-refractivity contribution in [1.82, 2.24) is 0 Å². The molecule has 3 aromatic rings. The Hall–Kier alpha value is -3.45. The van der Waals surface area contributed by atoms with Crippen LogP contribution in [-0.2, 0) is 12.8 Å². The maximum atomic E-state index is 13.7. The Kier molecular flexibility index (Phi) is 5.62. The molecule has 4 rings (SSSR count). The quantitative estimate of drug-likeness (QED) is 0.501. The van der Waals surface area contributed by atoms with Gasteiger partial charge in [-0.3, -0.25) is 4.79 Å². The van der Waals surface area contributed by atoms with Crippen LogP contribution >= 0.6 is 0 Å². The van der Waals surface area contributed by atoms with Crippen LogP contribution in [0.1, 0.15) is 38.8 Å². The highest BCUT2D eigenvalue weighted by Crippen LogP contribution is 2.43. The highest BCUT2D eigenvalue weighted by atomic mass is 16.5. The van der Waals surface area contributed by atoms with Crippen LogP contribution < -0.4 is 14.9 Å². The lowest BCUT2D eigenvalue weighted by atomic mass is 9.93. The van der Waals surface area contributed by atoms with E-state index >= 15 is 0 Å². The number of hydrogen-bond acceptors (Lipinski definition) is 7. The molecule has 33 heavy (non-hydrogen) atoms. The van der Waals surface area contributed by atoms with E-state index in [1.165, 1.54) is 19.2 Å². The van der Waals surface area contributed by atoms with Crippen LogP contribution in [0.4, 0.5) is 0 Å². The molecule has 0 saturated carbocycles. The van der Waals surface area contributed by atoms with E-state index < -0.39 is 17.1 Å². The first kappa shape index (κ1) is 22.7. The zero-order chi connectivity index (χ0) is 24.1. The van der Waals surface area contributed by atoms with Gasteiger partial charge in [0.25, 0.3) is 0 Å². The van der Waals surface area contributed by atoms with Crippen molar-refractivity contribution in [1.29, 1.82) is 0 Å².